The highest BCUT2D eigenvalue weighted by molar-refractivity contribution is 7.14. The van der Waals surface area contributed by atoms with E-state index in [0.29, 0.717) is 0 Å². The maximum absolute atomic E-state index is 11.1. The second-order valence-electron chi connectivity index (χ2n) is 2.15. The second kappa shape index (κ2) is 6.10. The quantitative estimate of drug-likeness (QED) is 0.254. The first-order valence-electron chi connectivity index (χ1n) is 4.15. The summed E-state index contributed by atoms with van der Waals surface area (Å²) in [4.78, 5) is 22.0. The number of hydrogen-bond donors (Lipinski definition) is 3. The van der Waals surface area contributed by atoms with Gasteiger partial charge in [0, 0.05) is 0 Å². The maximum atomic E-state index is 11.1. The molecule has 0 aliphatic carbocycles. The second-order valence-corrected chi connectivity index (χ2v) is 2.67. The molecule has 1 rings (SSSR count). The van der Waals surface area contributed by atoms with Crippen LogP contribution in [0.3, 0.4) is 0 Å². The summed E-state index contributed by atoms with van der Waals surface area (Å²) in [5.74, 6) is 3.38. The van der Waals surface area contributed by atoms with Gasteiger partial charge < -0.3 is 5.11 Å². The smallest absolute Gasteiger partial charge is 0.289 e. The van der Waals surface area contributed by atoms with Crippen molar-refractivity contribution >= 4 is 15.3 Å². The summed E-state index contributed by atoms with van der Waals surface area (Å²) in [5, 5.41) is 12.5. The molecule has 0 aromatic carbocycles. The predicted octanol–water partition coefficient (Wildman–Crippen LogP) is -0.783. The summed E-state index contributed by atoms with van der Waals surface area (Å²) in [6, 6.07) is 0. The first-order valence-corrected chi connectivity index (χ1v) is 4.67. The molecular weight excluding hydrogens is 219 g/mol. The van der Waals surface area contributed by atoms with E-state index in [1.807, 2.05) is 13.8 Å². The van der Waals surface area contributed by atoms with Crippen molar-refractivity contribution in [1.29, 1.82) is 0 Å². The summed E-state index contributed by atoms with van der Waals surface area (Å²) >= 11 is 0. The molecule has 1 heterocycles. The SMILES string of the molecule is CC.NNC(=O)c1nn(P)cc(O)c1=O. The molecule has 0 saturated carbocycles. The number of rotatable bonds is 1. The molecule has 15 heavy (non-hydrogen) atoms. The van der Waals surface area contributed by atoms with Gasteiger partial charge in [-0.2, -0.15) is 5.10 Å². The van der Waals surface area contributed by atoms with Crippen LogP contribution in [0.25, 0.3) is 0 Å². The lowest BCUT2D eigenvalue weighted by Gasteiger charge is -2.01. The van der Waals surface area contributed by atoms with Crippen molar-refractivity contribution in [1.82, 2.24) is 15.0 Å². The van der Waals surface area contributed by atoms with Gasteiger partial charge in [-0.1, -0.05) is 13.8 Å². The van der Waals surface area contributed by atoms with E-state index >= 15 is 0 Å². The largest absolute Gasteiger partial charge is 0.503 e. The fourth-order valence-electron chi connectivity index (χ4n) is 0.712. The third-order valence-electron chi connectivity index (χ3n) is 1.26. The van der Waals surface area contributed by atoms with Gasteiger partial charge in [-0.15, -0.1) is 0 Å². The van der Waals surface area contributed by atoms with Crippen LogP contribution in [0.1, 0.15) is 24.3 Å². The van der Waals surface area contributed by atoms with Crippen molar-refractivity contribution in [3.8, 4) is 5.75 Å². The predicted molar refractivity (Wildman–Crippen MR) is 58.3 cm³/mol. The van der Waals surface area contributed by atoms with Gasteiger partial charge >= 0.3 is 0 Å². The molecule has 7 nitrogen and oxygen atoms in total. The van der Waals surface area contributed by atoms with Gasteiger partial charge in [-0.25, -0.2) is 5.84 Å². The number of hydrazine groups is 1. The fraction of sp³-hybridized carbons (Fsp3) is 0.286. The van der Waals surface area contributed by atoms with Crippen LogP contribution in [0, 0.1) is 0 Å². The standard InChI is InChI=1S/C5H7N4O3P.C2H6/c6-7-5(12)3-4(11)2(10)1-9(13)8-3;1-2/h1,10H,6,13H2,(H,7,12);1-2H3. The zero-order valence-electron chi connectivity index (χ0n) is 8.39. The molecular formula is C7H13N4O3P. The number of amides is 1. The molecule has 1 unspecified atom stereocenters. The highest BCUT2D eigenvalue weighted by Crippen LogP contribution is 2.02. The molecule has 8 heteroatoms. The van der Waals surface area contributed by atoms with Crippen LogP contribution in [0.4, 0.5) is 0 Å². The van der Waals surface area contributed by atoms with E-state index in [9.17, 15) is 9.59 Å². The molecule has 0 spiro atoms. The summed E-state index contributed by atoms with van der Waals surface area (Å²) < 4.78 is 1.06. The Hall–Kier alpha value is -1.46. The molecule has 1 aromatic rings. The van der Waals surface area contributed by atoms with Crippen molar-refractivity contribution in [2.24, 2.45) is 5.84 Å². The minimum Gasteiger partial charge on any atom is -0.503 e. The molecule has 84 valence electrons. The van der Waals surface area contributed by atoms with Crippen LogP contribution in [-0.4, -0.2) is 20.6 Å². The van der Waals surface area contributed by atoms with Gasteiger partial charge in [0.1, 0.15) is 0 Å². The first kappa shape index (κ1) is 13.5. The Morgan fingerprint density at radius 2 is 2.20 bits per heavy atom. The molecule has 1 atom stereocenters. The molecule has 1 aromatic heterocycles. The van der Waals surface area contributed by atoms with Gasteiger partial charge in [0.05, 0.1) is 6.20 Å². The third-order valence-corrected chi connectivity index (χ3v) is 1.53. The Balaban J connectivity index is 0.000000921. The zero-order chi connectivity index (χ0) is 12.0. The van der Waals surface area contributed by atoms with E-state index in [2.05, 4.69) is 14.5 Å². The Labute approximate surface area is 88.5 Å². The van der Waals surface area contributed by atoms with Crippen molar-refractivity contribution in [2.75, 3.05) is 0 Å². The average molecular weight is 232 g/mol. The lowest BCUT2D eigenvalue weighted by atomic mass is 10.3. The number of nitrogens with zero attached hydrogens (tertiary/aromatic N) is 2. The molecule has 0 radical (unpaired) electrons. The van der Waals surface area contributed by atoms with Gasteiger partial charge in [-0.3, -0.25) is 19.5 Å². The molecule has 0 saturated heterocycles. The highest BCUT2D eigenvalue weighted by Gasteiger charge is 2.14. The Bertz CT molecular complexity index is 404. The number of carbonyl (C=O) groups is 1. The lowest BCUT2D eigenvalue weighted by Crippen LogP contribution is -2.35. The van der Waals surface area contributed by atoms with E-state index in [0.717, 1.165) is 10.6 Å². The molecule has 1 amide bonds. The fourth-order valence-corrected chi connectivity index (χ4v) is 0.969. The summed E-state index contributed by atoms with van der Waals surface area (Å²) in [7, 11) is 2.07. The van der Waals surface area contributed by atoms with Gasteiger partial charge in [0.25, 0.3) is 11.3 Å². The van der Waals surface area contributed by atoms with E-state index in [1.54, 1.807) is 5.43 Å². The minimum atomic E-state index is -0.860. The number of carbonyl (C=O) groups excluding carboxylic acids is 1. The van der Waals surface area contributed by atoms with Gasteiger partial charge in [-0.05, 0) is 9.39 Å². The van der Waals surface area contributed by atoms with Gasteiger partial charge in [0.2, 0.25) is 5.69 Å². The average Bonchev–Trinajstić information content (AvgIpc) is 2.25. The van der Waals surface area contributed by atoms with E-state index < -0.39 is 22.8 Å². The van der Waals surface area contributed by atoms with Crippen LogP contribution >= 0.6 is 9.39 Å². The monoisotopic (exact) mass is 232 g/mol. The van der Waals surface area contributed by atoms with Crippen molar-refractivity contribution in [3.63, 3.8) is 0 Å². The first-order chi connectivity index (χ1) is 7.06. The van der Waals surface area contributed by atoms with Crippen molar-refractivity contribution in [3.05, 3.63) is 22.1 Å². The zero-order valence-corrected chi connectivity index (χ0v) is 9.54. The normalized spacial score (nSPS) is 8.80. The number of nitrogen functional groups attached to an aromatic ring is 1. The highest BCUT2D eigenvalue weighted by atomic mass is 31.0. The Morgan fingerprint density at radius 3 is 2.67 bits per heavy atom. The maximum Gasteiger partial charge on any atom is 0.289 e. The van der Waals surface area contributed by atoms with Crippen molar-refractivity contribution < 1.29 is 9.90 Å². The minimum absolute atomic E-state index is 0.461. The molecule has 4 N–H and O–H groups in total. The number of nitrogens with one attached hydrogen (secondary N) is 1. The Kier molecular flexibility index (Phi) is 5.51. The summed E-state index contributed by atoms with van der Waals surface area (Å²) in [6.45, 7) is 4.00. The van der Waals surface area contributed by atoms with Crippen LogP contribution in [-0.2, 0) is 0 Å². The van der Waals surface area contributed by atoms with Crippen LogP contribution in [0.2, 0.25) is 0 Å². The third kappa shape index (κ3) is 3.30. The topological polar surface area (TPSA) is 110 Å². The summed E-state index contributed by atoms with van der Waals surface area (Å²) in [6.07, 6.45) is 1.06. The molecule has 0 fully saturated rings. The molecule has 0 aliphatic heterocycles. The molecule has 0 aliphatic rings. The van der Waals surface area contributed by atoms with Gasteiger partial charge in [0.15, 0.2) is 5.75 Å². The van der Waals surface area contributed by atoms with E-state index in [1.165, 1.54) is 0 Å². The van der Waals surface area contributed by atoms with Crippen LogP contribution < -0.4 is 16.7 Å². The van der Waals surface area contributed by atoms with Crippen LogP contribution in [0.5, 0.6) is 5.75 Å². The number of nitrogens with two attached hydrogens (primary N) is 1. The number of aromatic hydroxyl groups is 1. The number of aromatic nitrogens is 2. The van der Waals surface area contributed by atoms with E-state index in [4.69, 9.17) is 10.9 Å². The Morgan fingerprint density at radius 1 is 1.67 bits per heavy atom. The van der Waals surface area contributed by atoms with Crippen molar-refractivity contribution in [2.45, 2.75) is 13.8 Å². The summed E-state index contributed by atoms with van der Waals surface area (Å²) in [5.41, 5.74) is 0.421. The number of hydrogen-bond acceptors (Lipinski definition) is 5. The molecule has 0 bridgehead atoms. The van der Waals surface area contributed by atoms with E-state index in [-0.39, 0.29) is 0 Å². The lowest BCUT2D eigenvalue weighted by molar-refractivity contribution is 0.0945. The van der Waals surface area contributed by atoms with Crippen LogP contribution in [0.15, 0.2) is 11.0 Å².